The van der Waals surface area contributed by atoms with Crippen LogP contribution in [-0.4, -0.2) is 21.3 Å². The van der Waals surface area contributed by atoms with Crippen LogP contribution >= 0.6 is 0 Å². The summed E-state index contributed by atoms with van der Waals surface area (Å²) in [6, 6.07) is 11.5. The van der Waals surface area contributed by atoms with Crippen LogP contribution in [0.15, 0.2) is 36.4 Å². The Bertz CT molecular complexity index is 596. The predicted octanol–water partition coefficient (Wildman–Crippen LogP) is 2.84. The number of ether oxygens (including phenoxy) is 3. The third-order valence-electron chi connectivity index (χ3n) is 3.23. The van der Waals surface area contributed by atoms with Gasteiger partial charge in [0.2, 0.25) is 0 Å². The van der Waals surface area contributed by atoms with E-state index in [2.05, 4.69) is 0 Å². The summed E-state index contributed by atoms with van der Waals surface area (Å²) < 4.78 is 15.9. The fourth-order valence-corrected chi connectivity index (χ4v) is 2.15. The number of benzene rings is 2. The van der Waals surface area contributed by atoms with Crippen LogP contribution in [0, 0.1) is 0 Å². The van der Waals surface area contributed by atoms with Crippen molar-refractivity contribution in [1.82, 2.24) is 0 Å². The van der Waals surface area contributed by atoms with Crippen LogP contribution in [0.1, 0.15) is 5.56 Å². The van der Waals surface area contributed by atoms with E-state index in [1.807, 2.05) is 36.4 Å². The lowest BCUT2D eigenvalue weighted by Gasteiger charge is -2.14. The minimum absolute atomic E-state index is 0.424. The first-order chi connectivity index (χ1) is 9.73. The highest BCUT2D eigenvalue weighted by Gasteiger charge is 2.12. The van der Waals surface area contributed by atoms with Gasteiger partial charge < -0.3 is 19.9 Å². The molecule has 0 fully saturated rings. The molecule has 0 bridgehead atoms. The van der Waals surface area contributed by atoms with Gasteiger partial charge in [0.15, 0.2) is 0 Å². The molecule has 2 aromatic rings. The van der Waals surface area contributed by atoms with E-state index in [-0.39, 0.29) is 0 Å². The smallest absolute Gasteiger partial charge is 0.126 e. The molecular weight excluding hydrogens is 254 g/mol. The molecular formula is C16H19NO3. The van der Waals surface area contributed by atoms with E-state index in [0.717, 1.165) is 33.9 Å². The van der Waals surface area contributed by atoms with E-state index in [1.165, 1.54) is 0 Å². The van der Waals surface area contributed by atoms with E-state index < -0.39 is 0 Å². The molecule has 0 aliphatic heterocycles. The third-order valence-corrected chi connectivity index (χ3v) is 3.23. The van der Waals surface area contributed by atoms with Crippen molar-refractivity contribution in [3.63, 3.8) is 0 Å². The van der Waals surface area contributed by atoms with Crippen LogP contribution < -0.4 is 19.9 Å². The van der Waals surface area contributed by atoms with E-state index in [0.29, 0.717) is 6.54 Å². The Morgan fingerprint density at radius 2 is 1.45 bits per heavy atom. The van der Waals surface area contributed by atoms with Crippen molar-refractivity contribution in [1.29, 1.82) is 0 Å². The Morgan fingerprint density at radius 3 is 2.05 bits per heavy atom. The second-order valence-corrected chi connectivity index (χ2v) is 4.29. The van der Waals surface area contributed by atoms with Crippen molar-refractivity contribution in [3.05, 3.63) is 42.0 Å². The first-order valence-corrected chi connectivity index (χ1v) is 6.32. The molecule has 0 unspecified atom stereocenters. The summed E-state index contributed by atoms with van der Waals surface area (Å²) in [7, 11) is 4.93. The van der Waals surface area contributed by atoms with Gasteiger partial charge in [-0.05, 0) is 41.5 Å². The Balaban J connectivity index is 2.60. The number of nitrogens with two attached hydrogens (primary N) is 1. The predicted molar refractivity (Wildman–Crippen MR) is 79.4 cm³/mol. The average Bonchev–Trinajstić information content (AvgIpc) is 2.53. The summed E-state index contributed by atoms with van der Waals surface area (Å²) in [4.78, 5) is 0. The summed E-state index contributed by atoms with van der Waals surface area (Å²) in [6.45, 7) is 0.424. The second-order valence-electron chi connectivity index (χ2n) is 4.29. The quantitative estimate of drug-likeness (QED) is 0.910. The highest BCUT2D eigenvalue weighted by molar-refractivity contribution is 5.75. The van der Waals surface area contributed by atoms with Crippen LogP contribution in [0.4, 0.5) is 0 Å². The van der Waals surface area contributed by atoms with Crippen molar-refractivity contribution < 1.29 is 14.2 Å². The van der Waals surface area contributed by atoms with Crippen molar-refractivity contribution in [2.24, 2.45) is 5.73 Å². The molecule has 0 heterocycles. The molecule has 0 saturated carbocycles. The minimum Gasteiger partial charge on any atom is -0.497 e. The molecule has 0 aliphatic rings. The maximum absolute atomic E-state index is 5.85. The Kier molecular flexibility index (Phi) is 4.48. The van der Waals surface area contributed by atoms with Crippen LogP contribution in [-0.2, 0) is 6.54 Å². The Labute approximate surface area is 119 Å². The largest absolute Gasteiger partial charge is 0.497 e. The maximum atomic E-state index is 5.85. The van der Waals surface area contributed by atoms with E-state index in [4.69, 9.17) is 19.9 Å². The van der Waals surface area contributed by atoms with E-state index in [9.17, 15) is 0 Å². The standard InChI is InChI=1S/C16H19NO3/c1-18-12-4-6-14(11(8-12)10-17)15-9-13(19-2)5-7-16(15)20-3/h4-9H,10,17H2,1-3H3. The third kappa shape index (κ3) is 2.70. The monoisotopic (exact) mass is 273 g/mol. The molecule has 0 radical (unpaired) electrons. The van der Waals surface area contributed by atoms with Gasteiger partial charge in [-0.25, -0.2) is 0 Å². The van der Waals surface area contributed by atoms with Crippen LogP contribution in [0.2, 0.25) is 0 Å². The van der Waals surface area contributed by atoms with Gasteiger partial charge >= 0.3 is 0 Å². The lowest BCUT2D eigenvalue weighted by atomic mass is 9.98. The summed E-state index contributed by atoms with van der Waals surface area (Å²) >= 11 is 0. The van der Waals surface area contributed by atoms with Crippen molar-refractivity contribution in [2.75, 3.05) is 21.3 Å². The second kappa shape index (κ2) is 6.30. The number of methoxy groups -OCH3 is 3. The normalized spacial score (nSPS) is 10.2. The highest BCUT2D eigenvalue weighted by atomic mass is 16.5. The van der Waals surface area contributed by atoms with Gasteiger partial charge in [-0.15, -0.1) is 0 Å². The molecule has 106 valence electrons. The lowest BCUT2D eigenvalue weighted by molar-refractivity contribution is 0.404. The van der Waals surface area contributed by atoms with Gasteiger partial charge in [0.25, 0.3) is 0 Å². The van der Waals surface area contributed by atoms with Gasteiger partial charge in [-0.1, -0.05) is 6.07 Å². The fourth-order valence-electron chi connectivity index (χ4n) is 2.15. The zero-order valence-corrected chi connectivity index (χ0v) is 12.0. The molecule has 0 spiro atoms. The van der Waals surface area contributed by atoms with Gasteiger partial charge in [0, 0.05) is 12.1 Å². The minimum atomic E-state index is 0.424. The van der Waals surface area contributed by atoms with Crippen molar-refractivity contribution >= 4 is 0 Å². The number of hydrogen-bond donors (Lipinski definition) is 1. The molecule has 4 heteroatoms. The van der Waals surface area contributed by atoms with Crippen LogP contribution in [0.3, 0.4) is 0 Å². The fraction of sp³-hybridized carbons (Fsp3) is 0.250. The van der Waals surface area contributed by atoms with Crippen molar-refractivity contribution in [2.45, 2.75) is 6.54 Å². The summed E-state index contributed by atoms with van der Waals surface area (Å²) in [6.07, 6.45) is 0. The van der Waals surface area contributed by atoms with Gasteiger partial charge in [-0.2, -0.15) is 0 Å². The average molecular weight is 273 g/mol. The first kappa shape index (κ1) is 14.2. The molecule has 0 aliphatic carbocycles. The Morgan fingerprint density at radius 1 is 0.800 bits per heavy atom. The molecule has 2 rings (SSSR count). The highest BCUT2D eigenvalue weighted by Crippen LogP contribution is 2.36. The zero-order valence-electron chi connectivity index (χ0n) is 12.0. The topological polar surface area (TPSA) is 53.7 Å². The summed E-state index contributed by atoms with van der Waals surface area (Å²) in [5.41, 5.74) is 8.81. The lowest BCUT2D eigenvalue weighted by Crippen LogP contribution is -2.01. The number of hydrogen-bond acceptors (Lipinski definition) is 4. The zero-order chi connectivity index (χ0) is 14.5. The molecule has 0 saturated heterocycles. The molecule has 2 aromatic carbocycles. The molecule has 0 aromatic heterocycles. The van der Waals surface area contributed by atoms with Gasteiger partial charge in [0.1, 0.15) is 17.2 Å². The molecule has 2 N–H and O–H groups in total. The molecule has 0 amide bonds. The summed E-state index contributed by atoms with van der Waals surface area (Å²) in [5, 5.41) is 0. The van der Waals surface area contributed by atoms with Crippen LogP contribution in [0.5, 0.6) is 17.2 Å². The van der Waals surface area contributed by atoms with Gasteiger partial charge in [-0.3, -0.25) is 0 Å². The van der Waals surface area contributed by atoms with E-state index >= 15 is 0 Å². The van der Waals surface area contributed by atoms with Crippen molar-refractivity contribution in [3.8, 4) is 28.4 Å². The summed E-state index contributed by atoms with van der Waals surface area (Å²) in [5.74, 6) is 2.35. The Hall–Kier alpha value is -2.20. The van der Waals surface area contributed by atoms with Crippen LogP contribution in [0.25, 0.3) is 11.1 Å². The molecule has 20 heavy (non-hydrogen) atoms. The SMILES string of the molecule is COc1ccc(-c2cc(OC)ccc2OC)c(CN)c1. The molecule has 0 atom stereocenters. The van der Waals surface area contributed by atoms with E-state index in [1.54, 1.807) is 21.3 Å². The maximum Gasteiger partial charge on any atom is 0.126 e. The first-order valence-electron chi connectivity index (χ1n) is 6.32. The number of rotatable bonds is 5. The molecule has 4 nitrogen and oxygen atoms in total. The van der Waals surface area contributed by atoms with Gasteiger partial charge in [0.05, 0.1) is 21.3 Å².